The maximum absolute atomic E-state index is 13.4. The molecule has 180 valence electrons. The molecular weight excluding hydrogens is 445 g/mol. The molecule has 0 spiro atoms. The number of hydrogen-bond acceptors (Lipinski definition) is 8. The lowest BCUT2D eigenvalue weighted by molar-refractivity contribution is -0.133. The molecule has 2 aliphatic heterocycles. The van der Waals surface area contributed by atoms with Crippen LogP contribution in [0.5, 0.6) is 5.88 Å². The van der Waals surface area contributed by atoms with Gasteiger partial charge < -0.3 is 24.3 Å². The van der Waals surface area contributed by atoms with Crippen molar-refractivity contribution in [2.24, 2.45) is 5.92 Å². The normalized spacial score (nSPS) is 17.7. The molecule has 0 aromatic carbocycles. The minimum atomic E-state index is -1.86. The summed E-state index contributed by atoms with van der Waals surface area (Å²) in [6.07, 6.45) is 7.71. The van der Waals surface area contributed by atoms with Crippen molar-refractivity contribution in [2.45, 2.75) is 45.1 Å². The van der Waals surface area contributed by atoms with E-state index in [1.807, 2.05) is 4.90 Å². The number of ether oxygens (including phenoxy) is 1. The van der Waals surface area contributed by atoms with Gasteiger partial charge in [-0.2, -0.15) is 10.1 Å². The van der Waals surface area contributed by atoms with Crippen molar-refractivity contribution in [1.82, 2.24) is 19.7 Å². The Balaban J connectivity index is 1.59. The van der Waals surface area contributed by atoms with E-state index in [0.29, 0.717) is 47.6 Å². The first kappa shape index (κ1) is 23.9. The first-order valence-corrected chi connectivity index (χ1v) is 13.0. The topological polar surface area (TPSA) is 121 Å². The molecule has 2 aromatic rings. The molecular formula is C22H32N5O5P. The number of hydrogen-bond donors (Lipinski definition) is 2. The van der Waals surface area contributed by atoms with Crippen LogP contribution in [0.3, 0.4) is 0 Å². The molecule has 0 aliphatic carbocycles. The summed E-state index contributed by atoms with van der Waals surface area (Å²) in [4.78, 5) is 53.1. The number of anilines is 1. The molecule has 11 heteroatoms. The lowest BCUT2D eigenvalue weighted by atomic mass is 9.94. The predicted octanol–water partition coefficient (Wildman–Crippen LogP) is 1.72. The Morgan fingerprint density at radius 1 is 1.18 bits per heavy atom. The third kappa shape index (κ3) is 5.62. The number of nitrogens with zero attached hydrogens (tertiary/aromatic N) is 5. The van der Waals surface area contributed by atoms with Gasteiger partial charge in [0.1, 0.15) is 12.4 Å². The van der Waals surface area contributed by atoms with Crippen molar-refractivity contribution in [2.75, 3.05) is 44.4 Å². The van der Waals surface area contributed by atoms with E-state index in [-0.39, 0.29) is 18.0 Å². The highest BCUT2D eigenvalue weighted by Gasteiger charge is 2.25. The molecule has 2 saturated heterocycles. The summed E-state index contributed by atoms with van der Waals surface area (Å²) in [5, 5.41) is 5.35. The standard InChI is InChI=1S/C22H32N5O5P/c1-32-18-13-17-14-23-27(15-19(28)25-8-3-2-4-9-25)22(29)20(17)21(24-18)26-10-5-16(6-11-26)7-12-33(30)31/h13-14,16,30-31H,2-12,15H2,1H3. The summed E-state index contributed by atoms with van der Waals surface area (Å²) >= 11 is 0. The molecule has 2 N–H and O–H groups in total. The van der Waals surface area contributed by atoms with Gasteiger partial charge in [0, 0.05) is 43.8 Å². The van der Waals surface area contributed by atoms with Crippen LogP contribution in [0.1, 0.15) is 38.5 Å². The van der Waals surface area contributed by atoms with E-state index in [4.69, 9.17) is 4.74 Å². The highest BCUT2D eigenvalue weighted by atomic mass is 31.2. The number of carbonyl (C=O) groups excluding carboxylic acids is 1. The fourth-order valence-electron chi connectivity index (χ4n) is 4.71. The van der Waals surface area contributed by atoms with Crippen molar-refractivity contribution in [3.63, 3.8) is 0 Å². The summed E-state index contributed by atoms with van der Waals surface area (Å²) in [5.74, 6) is 1.30. The van der Waals surface area contributed by atoms with Crippen LogP contribution in [-0.2, 0) is 11.3 Å². The van der Waals surface area contributed by atoms with Gasteiger partial charge in [0.15, 0.2) is 8.38 Å². The van der Waals surface area contributed by atoms with E-state index < -0.39 is 8.38 Å². The van der Waals surface area contributed by atoms with Gasteiger partial charge >= 0.3 is 0 Å². The first-order chi connectivity index (χ1) is 16.0. The van der Waals surface area contributed by atoms with Crippen LogP contribution in [0.4, 0.5) is 5.82 Å². The molecule has 0 saturated carbocycles. The number of carbonyl (C=O) groups is 1. The molecule has 0 radical (unpaired) electrons. The highest BCUT2D eigenvalue weighted by molar-refractivity contribution is 7.45. The smallest absolute Gasteiger partial charge is 0.278 e. The SMILES string of the molecule is COc1cc2cnn(CC(=O)N3CCCCC3)c(=O)c2c(N2CCC(CCP(O)O)CC2)n1. The second-order valence-corrected chi connectivity index (χ2v) is 10.0. The number of pyridine rings is 1. The van der Waals surface area contributed by atoms with Crippen LogP contribution in [0.2, 0.25) is 0 Å². The minimum Gasteiger partial charge on any atom is -0.481 e. The number of amides is 1. The largest absolute Gasteiger partial charge is 0.481 e. The predicted molar refractivity (Wildman–Crippen MR) is 127 cm³/mol. The summed E-state index contributed by atoms with van der Waals surface area (Å²) in [7, 11) is -0.316. The van der Waals surface area contributed by atoms with Crippen molar-refractivity contribution >= 4 is 30.9 Å². The lowest BCUT2D eigenvalue weighted by Crippen LogP contribution is -2.40. The zero-order valence-electron chi connectivity index (χ0n) is 19.0. The van der Waals surface area contributed by atoms with E-state index >= 15 is 0 Å². The number of rotatable bonds is 7. The van der Waals surface area contributed by atoms with Crippen LogP contribution >= 0.6 is 8.38 Å². The van der Waals surface area contributed by atoms with Gasteiger partial charge in [0.25, 0.3) is 5.56 Å². The summed E-state index contributed by atoms with van der Waals surface area (Å²) in [5.41, 5.74) is -0.323. The second-order valence-electron chi connectivity index (χ2n) is 8.82. The molecule has 2 aromatic heterocycles. The molecule has 0 bridgehead atoms. The van der Waals surface area contributed by atoms with Crippen molar-refractivity contribution in [3.05, 3.63) is 22.6 Å². The van der Waals surface area contributed by atoms with Gasteiger partial charge in [0.2, 0.25) is 11.8 Å². The maximum Gasteiger partial charge on any atom is 0.278 e. The molecule has 33 heavy (non-hydrogen) atoms. The van der Waals surface area contributed by atoms with Gasteiger partial charge in [-0.15, -0.1) is 0 Å². The van der Waals surface area contributed by atoms with E-state index in [1.54, 1.807) is 12.3 Å². The summed E-state index contributed by atoms with van der Waals surface area (Å²) in [6, 6.07) is 1.70. The van der Waals surface area contributed by atoms with Gasteiger partial charge in [0.05, 0.1) is 18.7 Å². The monoisotopic (exact) mass is 477 g/mol. The minimum absolute atomic E-state index is 0.0758. The zero-order chi connectivity index (χ0) is 23.4. The van der Waals surface area contributed by atoms with Crippen LogP contribution in [0, 0.1) is 5.92 Å². The number of fused-ring (bicyclic) bond motifs is 1. The Morgan fingerprint density at radius 3 is 2.58 bits per heavy atom. The maximum atomic E-state index is 13.4. The van der Waals surface area contributed by atoms with E-state index in [1.165, 1.54) is 11.8 Å². The molecule has 0 unspecified atom stereocenters. The number of methoxy groups -OCH3 is 1. The third-order valence-electron chi connectivity index (χ3n) is 6.65. The average Bonchev–Trinajstić information content (AvgIpc) is 2.84. The van der Waals surface area contributed by atoms with E-state index in [0.717, 1.165) is 51.6 Å². The van der Waals surface area contributed by atoms with Gasteiger partial charge in [-0.05, 0) is 44.4 Å². The number of piperidine rings is 2. The number of aromatic nitrogens is 3. The van der Waals surface area contributed by atoms with Crippen molar-refractivity contribution in [3.8, 4) is 5.88 Å². The molecule has 10 nitrogen and oxygen atoms in total. The Labute approximate surface area is 194 Å². The molecule has 4 rings (SSSR count). The second kappa shape index (κ2) is 10.8. The fourth-order valence-corrected chi connectivity index (χ4v) is 5.31. The van der Waals surface area contributed by atoms with Crippen LogP contribution < -0.4 is 15.2 Å². The Hall–Kier alpha value is -2.29. The Bertz CT molecular complexity index is 1030. The average molecular weight is 478 g/mol. The molecule has 4 heterocycles. The molecule has 0 atom stereocenters. The van der Waals surface area contributed by atoms with Crippen LogP contribution in [0.25, 0.3) is 10.8 Å². The molecule has 1 amide bonds. The Kier molecular flexibility index (Phi) is 7.78. The fraction of sp³-hybridized carbons (Fsp3) is 0.636. The van der Waals surface area contributed by atoms with Crippen molar-refractivity contribution < 1.29 is 19.3 Å². The molecule has 2 fully saturated rings. The summed E-state index contributed by atoms with van der Waals surface area (Å²) < 4.78 is 6.61. The number of likely N-dealkylation sites (tertiary alicyclic amines) is 1. The lowest BCUT2D eigenvalue weighted by Gasteiger charge is -2.33. The van der Waals surface area contributed by atoms with Gasteiger partial charge in [-0.25, -0.2) is 4.68 Å². The van der Waals surface area contributed by atoms with Crippen LogP contribution in [0.15, 0.2) is 17.1 Å². The summed E-state index contributed by atoms with van der Waals surface area (Å²) in [6.45, 7) is 2.81. The first-order valence-electron chi connectivity index (χ1n) is 11.6. The van der Waals surface area contributed by atoms with E-state index in [2.05, 4.69) is 15.0 Å². The third-order valence-corrected chi connectivity index (χ3v) is 7.30. The quantitative estimate of drug-likeness (QED) is 0.579. The zero-order valence-corrected chi connectivity index (χ0v) is 19.9. The highest BCUT2D eigenvalue weighted by Crippen LogP contribution is 2.33. The van der Waals surface area contributed by atoms with Crippen molar-refractivity contribution in [1.29, 1.82) is 0 Å². The van der Waals surface area contributed by atoms with Crippen LogP contribution in [-0.4, -0.2) is 74.8 Å². The Morgan fingerprint density at radius 2 is 1.91 bits per heavy atom. The van der Waals surface area contributed by atoms with E-state index in [9.17, 15) is 19.4 Å². The van der Waals surface area contributed by atoms with Gasteiger partial charge in [-0.3, -0.25) is 9.59 Å². The molecule has 2 aliphatic rings. The van der Waals surface area contributed by atoms with Gasteiger partial charge in [-0.1, -0.05) is 0 Å².